The third-order valence-electron chi connectivity index (χ3n) is 0.405. The van der Waals surface area contributed by atoms with Gasteiger partial charge in [-0.25, -0.2) is 0 Å². The van der Waals surface area contributed by atoms with Crippen molar-refractivity contribution in [3.8, 4) is 0 Å². The molecule has 0 aliphatic carbocycles. The van der Waals surface area contributed by atoms with Gasteiger partial charge in [-0.05, 0) is 6.92 Å². The Hall–Kier alpha value is 0.137. The predicted octanol–water partition coefficient (Wildman–Crippen LogP) is -0.723. The molecule has 0 bridgehead atoms. The number of hydrogen-bond donors (Lipinski definition) is 0. The normalized spacial score (nSPS) is 9.50. The maximum Gasteiger partial charge on any atom is 0.149 e. The molecule has 0 aliphatic rings. The fourth-order valence-electron chi connectivity index (χ4n) is 0.167. The molecule has 0 amide bonds. The van der Waals surface area contributed by atoms with Crippen LogP contribution in [0.5, 0.6) is 0 Å². The maximum atomic E-state index is 4.80. The molecule has 0 unspecified atom stereocenters. The molecular formula is C3H10O2Si. The largest absolute Gasteiger partial charge is 0.406 e. The van der Waals surface area contributed by atoms with Gasteiger partial charge < -0.3 is 9.16 Å². The molecule has 0 aromatic rings. The van der Waals surface area contributed by atoms with Gasteiger partial charge in [-0.1, -0.05) is 0 Å². The Morgan fingerprint density at radius 1 is 1.67 bits per heavy atom. The Bertz CT molecular complexity index is 20.8. The molecule has 0 N–H and O–H groups in total. The zero-order valence-electron chi connectivity index (χ0n) is 4.23. The summed E-state index contributed by atoms with van der Waals surface area (Å²) in [5.74, 6) is 0. The molecule has 0 radical (unpaired) electrons. The summed E-state index contributed by atoms with van der Waals surface area (Å²) in [4.78, 5) is 0. The molecule has 2 nitrogen and oxygen atoms in total. The van der Waals surface area contributed by atoms with Gasteiger partial charge in [0.05, 0.1) is 0 Å². The van der Waals surface area contributed by atoms with Crippen LogP contribution in [-0.4, -0.2) is 23.9 Å². The van der Waals surface area contributed by atoms with Crippen molar-refractivity contribution in [1.29, 1.82) is 0 Å². The molecule has 0 saturated heterocycles. The van der Waals surface area contributed by atoms with E-state index in [2.05, 4.69) is 0 Å². The van der Waals surface area contributed by atoms with E-state index >= 15 is 0 Å². The van der Waals surface area contributed by atoms with Crippen LogP contribution in [0.4, 0.5) is 0 Å². The Balaban J connectivity index is 2.34. The van der Waals surface area contributed by atoms with E-state index in [0.717, 1.165) is 17.1 Å². The first kappa shape index (κ1) is 6.14. The smallest absolute Gasteiger partial charge is 0.149 e. The molecule has 0 spiro atoms. The third kappa shape index (κ3) is 4.14. The quantitative estimate of drug-likeness (QED) is 0.268. The molecule has 0 fully saturated rings. The molecule has 6 heavy (non-hydrogen) atoms. The van der Waals surface area contributed by atoms with Crippen LogP contribution in [0, 0.1) is 0 Å². The lowest BCUT2D eigenvalue weighted by molar-refractivity contribution is 0.0278. The third-order valence-corrected chi connectivity index (χ3v) is 0.641. The van der Waals surface area contributed by atoms with Gasteiger partial charge in [-0.2, -0.15) is 0 Å². The summed E-state index contributed by atoms with van der Waals surface area (Å²) in [6.07, 6.45) is 0. The van der Waals surface area contributed by atoms with Crippen LogP contribution in [0.25, 0.3) is 0 Å². The molecule has 0 aromatic carbocycles. The van der Waals surface area contributed by atoms with Gasteiger partial charge in [0, 0.05) is 6.61 Å². The Morgan fingerprint density at radius 2 is 2.33 bits per heavy atom. The predicted molar refractivity (Wildman–Crippen MR) is 27.5 cm³/mol. The second kappa shape index (κ2) is 5.14. The molecule has 0 heterocycles. The zero-order valence-corrected chi connectivity index (χ0v) is 6.23. The fraction of sp³-hybridized carbons (Fsp3) is 1.00. The van der Waals surface area contributed by atoms with Crippen molar-refractivity contribution in [1.82, 2.24) is 0 Å². The highest BCUT2D eigenvalue weighted by molar-refractivity contribution is 5.97. The average molecular weight is 106 g/mol. The number of ether oxygens (including phenoxy) is 1. The first-order valence-corrected chi connectivity index (χ1v) is 2.80. The lowest BCUT2D eigenvalue weighted by Gasteiger charge is -1.94. The van der Waals surface area contributed by atoms with E-state index in [4.69, 9.17) is 9.16 Å². The average Bonchev–Trinajstić information content (AvgIpc) is 1.61. The molecule has 0 rings (SSSR count). The van der Waals surface area contributed by atoms with Crippen LogP contribution in [0.1, 0.15) is 6.92 Å². The van der Waals surface area contributed by atoms with Gasteiger partial charge in [0.25, 0.3) is 0 Å². The number of rotatable bonds is 3. The summed E-state index contributed by atoms with van der Waals surface area (Å²) >= 11 is 0. The second-order valence-corrected chi connectivity index (χ2v) is 1.48. The minimum Gasteiger partial charge on any atom is -0.406 e. The lowest BCUT2D eigenvalue weighted by atomic mass is 10.9. The summed E-state index contributed by atoms with van der Waals surface area (Å²) in [6, 6.07) is 0. The van der Waals surface area contributed by atoms with Crippen molar-refractivity contribution in [2.45, 2.75) is 6.92 Å². The SMILES string of the molecule is CCOCO[SiH3]. The molecule has 0 saturated carbocycles. The van der Waals surface area contributed by atoms with E-state index in [1.165, 1.54) is 0 Å². The van der Waals surface area contributed by atoms with E-state index in [0.29, 0.717) is 6.79 Å². The molecular weight excluding hydrogens is 96.1 g/mol. The van der Waals surface area contributed by atoms with Crippen molar-refractivity contribution in [3.63, 3.8) is 0 Å². The highest BCUT2D eigenvalue weighted by atomic mass is 28.2. The molecule has 0 atom stereocenters. The summed E-state index contributed by atoms with van der Waals surface area (Å²) in [6.45, 7) is 3.17. The molecule has 0 aromatic heterocycles. The van der Waals surface area contributed by atoms with Crippen molar-refractivity contribution in [3.05, 3.63) is 0 Å². The second-order valence-electron chi connectivity index (χ2n) is 0.899. The van der Waals surface area contributed by atoms with Crippen LogP contribution < -0.4 is 0 Å². The van der Waals surface area contributed by atoms with Crippen LogP contribution >= 0.6 is 0 Å². The number of hydrogen-bond acceptors (Lipinski definition) is 2. The fourth-order valence-corrected chi connectivity index (χ4v) is 0.333. The summed E-state index contributed by atoms with van der Waals surface area (Å²) in [5.41, 5.74) is 0. The van der Waals surface area contributed by atoms with Gasteiger partial charge in [0.1, 0.15) is 17.3 Å². The summed E-state index contributed by atoms with van der Waals surface area (Å²) in [7, 11) is 0.778. The zero-order chi connectivity index (χ0) is 4.83. The lowest BCUT2D eigenvalue weighted by Crippen LogP contribution is -1.94. The van der Waals surface area contributed by atoms with Crippen LogP contribution in [0.2, 0.25) is 0 Å². The molecule has 0 aliphatic heterocycles. The van der Waals surface area contributed by atoms with E-state index in [9.17, 15) is 0 Å². The van der Waals surface area contributed by atoms with Gasteiger partial charge in [0.2, 0.25) is 0 Å². The standard InChI is InChI=1S/C3H10O2Si/c1-2-4-3-5-6/h2-3H2,1,6H3. The van der Waals surface area contributed by atoms with Gasteiger partial charge >= 0.3 is 0 Å². The minimum absolute atomic E-state index is 0.475. The van der Waals surface area contributed by atoms with E-state index in [-0.39, 0.29) is 0 Å². The van der Waals surface area contributed by atoms with Crippen molar-refractivity contribution >= 4 is 10.5 Å². The van der Waals surface area contributed by atoms with Gasteiger partial charge in [-0.15, -0.1) is 0 Å². The van der Waals surface area contributed by atoms with E-state index in [1.54, 1.807) is 0 Å². The first-order valence-electron chi connectivity index (χ1n) is 1.98. The van der Waals surface area contributed by atoms with Crippen molar-refractivity contribution in [2.75, 3.05) is 13.4 Å². The van der Waals surface area contributed by atoms with Crippen LogP contribution in [-0.2, 0) is 9.16 Å². The van der Waals surface area contributed by atoms with E-state index < -0.39 is 0 Å². The Kier molecular flexibility index (Phi) is 5.25. The summed E-state index contributed by atoms with van der Waals surface area (Å²) < 4.78 is 9.49. The monoisotopic (exact) mass is 106 g/mol. The highest BCUT2D eigenvalue weighted by Crippen LogP contribution is 1.68. The maximum absolute atomic E-state index is 4.80. The Labute approximate surface area is 41.0 Å². The molecule has 38 valence electrons. The minimum atomic E-state index is 0.475. The van der Waals surface area contributed by atoms with Crippen molar-refractivity contribution < 1.29 is 9.16 Å². The summed E-state index contributed by atoms with van der Waals surface area (Å²) in [5, 5.41) is 0. The Morgan fingerprint density at radius 3 is 2.50 bits per heavy atom. The van der Waals surface area contributed by atoms with Crippen molar-refractivity contribution in [2.24, 2.45) is 0 Å². The molecule has 3 heteroatoms. The topological polar surface area (TPSA) is 18.5 Å². The first-order chi connectivity index (χ1) is 2.91. The van der Waals surface area contributed by atoms with Gasteiger partial charge in [-0.3, -0.25) is 0 Å². The van der Waals surface area contributed by atoms with E-state index in [1.807, 2.05) is 6.92 Å². The van der Waals surface area contributed by atoms with Gasteiger partial charge in [0.15, 0.2) is 0 Å². The van der Waals surface area contributed by atoms with Crippen LogP contribution in [0.3, 0.4) is 0 Å². The van der Waals surface area contributed by atoms with Crippen LogP contribution in [0.15, 0.2) is 0 Å². The highest BCUT2D eigenvalue weighted by Gasteiger charge is 1.70.